The van der Waals surface area contributed by atoms with Crippen molar-refractivity contribution in [2.75, 3.05) is 11.3 Å². The van der Waals surface area contributed by atoms with Gasteiger partial charge in [0.15, 0.2) is 0 Å². The maximum atomic E-state index is 13.9. The molecule has 2 aromatic carbocycles. The highest BCUT2D eigenvalue weighted by Crippen LogP contribution is 2.27. The van der Waals surface area contributed by atoms with Crippen LogP contribution in [0, 0.1) is 11.6 Å². The number of rotatable bonds is 5. The van der Waals surface area contributed by atoms with Crippen LogP contribution in [0.2, 0.25) is 0 Å². The first-order chi connectivity index (χ1) is 12.9. The molecule has 0 saturated carbocycles. The van der Waals surface area contributed by atoms with Crippen molar-refractivity contribution in [2.45, 2.75) is 30.2 Å². The summed E-state index contributed by atoms with van der Waals surface area (Å²) in [5, 5.41) is 4.37. The van der Waals surface area contributed by atoms with E-state index in [0.717, 1.165) is 54.4 Å². The van der Waals surface area contributed by atoms with Crippen molar-refractivity contribution in [3.63, 3.8) is 0 Å². The largest absolute Gasteiger partial charge is 0.361 e. The third kappa shape index (κ3) is 3.68. The van der Waals surface area contributed by atoms with Gasteiger partial charge in [0, 0.05) is 34.9 Å². The van der Waals surface area contributed by atoms with Gasteiger partial charge in [-0.05, 0) is 61.7 Å². The number of sulfonamides is 1. The molecular weight excluding hydrogens is 372 g/mol. The van der Waals surface area contributed by atoms with Crippen molar-refractivity contribution in [3.8, 4) is 0 Å². The summed E-state index contributed by atoms with van der Waals surface area (Å²) < 4.78 is 54.3. The molecule has 0 bridgehead atoms. The predicted molar refractivity (Wildman–Crippen MR) is 100 cm³/mol. The van der Waals surface area contributed by atoms with Crippen LogP contribution >= 0.6 is 0 Å². The van der Waals surface area contributed by atoms with Crippen LogP contribution in [-0.4, -0.2) is 26.0 Å². The number of halogens is 2. The average molecular weight is 391 g/mol. The van der Waals surface area contributed by atoms with Crippen LogP contribution in [0.25, 0.3) is 10.9 Å². The third-order valence-electron chi connectivity index (χ3n) is 4.83. The zero-order valence-electron chi connectivity index (χ0n) is 14.4. The van der Waals surface area contributed by atoms with Crippen LogP contribution in [0.1, 0.15) is 18.4 Å². The van der Waals surface area contributed by atoms with Crippen LogP contribution in [0.15, 0.2) is 47.5 Å². The average Bonchev–Trinajstić information content (AvgIpc) is 3.25. The summed E-state index contributed by atoms with van der Waals surface area (Å²) in [4.78, 5) is 2.60. The van der Waals surface area contributed by atoms with Crippen molar-refractivity contribution in [1.82, 2.24) is 10.3 Å². The number of nitrogens with one attached hydrogen (secondary N) is 3. The second-order valence-corrected chi connectivity index (χ2v) is 8.40. The molecule has 3 aromatic rings. The molecule has 1 aromatic heterocycles. The second kappa shape index (κ2) is 6.94. The number of fused-ring (bicyclic) bond motifs is 1. The molecule has 1 fully saturated rings. The Bertz CT molecular complexity index is 1090. The fourth-order valence-electron chi connectivity index (χ4n) is 3.51. The molecule has 0 aliphatic carbocycles. The highest BCUT2D eigenvalue weighted by Gasteiger charge is 2.21. The molecule has 8 heteroatoms. The molecule has 1 saturated heterocycles. The first-order valence-electron chi connectivity index (χ1n) is 8.74. The summed E-state index contributed by atoms with van der Waals surface area (Å²) in [5.74, 6) is -1.96. The lowest BCUT2D eigenvalue weighted by Gasteiger charge is -2.11. The van der Waals surface area contributed by atoms with Gasteiger partial charge in [0.25, 0.3) is 10.0 Å². The number of benzene rings is 2. The lowest BCUT2D eigenvalue weighted by Crippen LogP contribution is -2.23. The van der Waals surface area contributed by atoms with Crippen molar-refractivity contribution in [2.24, 2.45) is 0 Å². The molecule has 142 valence electrons. The van der Waals surface area contributed by atoms with Gasteiger partial charge in [-0.3, -0.25) is 4.72 Å². The van der Waals surface area contributed by atoms with E-state index in [2.05, 4.69) is 15.0 Å². The topological polar surface area (TPSA) is 74.0 Å². The van der Waals surface area contributed by atoms with E-state index in [0.29, 0.717) is 17.8 Å². The molecule has 4 rings (SSSR count). The molecule has 1 atom stereocenters. The minimum absolute atomic E-state index is 0.325. The van der Waals surface area contributed by atoms with E-state index in [1.54, 1.807) is 18.2 Å². The van der Waals surface area contributed by atoms with Crippen LogP contribution in [0.3, 0.4) is 0 Å². The molecule has 2 heterocycles. The van der Waals surface area contributed by atoms with E-state index in [9.17, 15) is 17.2 Å². The highest BCUT2D eigenvalue weighted by molar-refractivity contribution is 7.92. The minimum atomic E-state index is -4.16. The molecular formula is C19H19F2N3O2S. The quantitative estimate of drug-likeness (QED) is 0.623. The fourth-order valence-corrected chi connectivity index (χ4v) is 4.62. The number of hydrogen-bond acceptors (Lipinski definition) is 3. The van der Waals surface area contributed by atoms with Gasteiger partial charge in [-0.1, -0.05) is 0 Å². The van der Waals surface area contributed by atoms with Crippen LogP contribution < -0.4 is 10.0 Å². The molecule has 1 aliphatic rings. The monoisotopic (exact) mass is 391 g/mol. The van der Waals surface area contributed by atoms with Gasteiger partial charge in [-0.15, -0.1) is 0 Å². The van der Waals surface area contributed by atoms with E-state index in [-0.39, 0.29) is 0 Å². The normalized spacial score (nSPS) is 17.5. The summed E-state index contributed by atoms with van der Waals surface area (Å²) in [6.07, 6.45) is 5.05. The van der Waals surface area contributed by atoms with Gasteiger partial charge >= 0.3 is 0 Å². The maximum absolute atomic E-state index is 13.9. The fraction of sp³-hybridized carbons (Fsp3) is 0.263. The smallest absolute Gasteiger partial charge is 0.264 e. The lowest BCUT2D eigenvalue weighted by molar-refractivity contribution is 0.551. The van der Waals surface area contributed by atoms with Gasteiger partial charge in [0.1, 0.15) is 16.5 Å². The number of aromatic amines is 1. The Hall–Kier alpha value is -2.45. The molecule has 5 nitrogen and oxygen atoms in total. The molecule has 0 radical (unpaired) electrons. The molecule has 0 amide bonds. The van der Waals surface area contributed by atoms with Crippen molar-refractivity contribution in [1.29, 1.82) is 0 Å². The summed E-state index contributed by atoms with van der Waals surface area (Å²) in [6, 6.07) is 7.91. The van der Waals surface area contributed by atoms with Crippen molar-refractivity contribution in [3.05, 3.63) is 59.8 Å². The molecule has 27 heavy (non-hydrogen) atoms. The SMILES string of the molecule is O=S(=O)(Nc1ccc2[nH]cc(C[C@@H]3CCCN3)c2c1)c1ccc(F)cc1F. The van der Waals surface area contributed by atoms with Crippen molar-refractivity contribution < 1.29 is 17.2 Å². The first-order valence-corrected chi connectivity index (χ1v) is 10.2. The number of H-pyrrole nitrogens is 1. The van der Waals surface area contributed by atoms with E-state index in [1.807, 2.05) is 6.20 Å². The molecule has 0 unspecified atom stereocenters. The Balaban J connectivity index is 1.63. The third-order valence-corrected chi connectivity index (χ3v) is 6.25. The van der Waals surface area contributed by atoms with Gasteiger partial charge in [0.05, 0.1) is 0 Å². The summed E-state index contributed by atoms with van der Waals surface area (Å²) >= 11 is 0. The Labute approximate surface area is 155 Å². The van der Waals surface area contributed by atoms with Crippen LogP contribution in [-0.2, 0) is 16.4 Å². The van der Waals surface area contributed by atoms with Crippen LogP contribution in [0.5, 0.6) is 0 Å². The predicted octanol–water partition coefficient (Wildman–Crippen LogP) is 3.54. The maximum Gasteiger partial charge on any atom is 0.264 e. The number of hydrogen-bond donors (Lipinski definition) is 3. The highest BCUT2D eigenvalue weighted by atomic mass is 32.2. The second-order valence-electron chi connectivity index (χ2n) is 6.75. The Morgan fingerprint density at radius 2 is 2.00 bits per heavy atom. The van der Waals surface area contributed by atoms with Gasteiger partial charge in [-0.2, -0.15) is 0 Å². The van der Waals surface area contributed by atoms with E-state index in [1.165, 1.54) is 0 Å². The summed E-state index contributed by atoms with van der Waals surface area (Å²) in [7, 11) is -4.16. The van der Waals surface area contributed by atoms with Gasteiger partial charge in [0.2, 0.25) is 0 Å². The standard InChI is InChI=1S/C19H19F2N3O2S/c20-13-3-6-19(17(21)9-13)27(25,26)24-15-4-5-18-16(10-15)12(11-23-18)8-14-2-1-7-22-14/h3-6,9-11,14,22-24H,1-2,7-8H2/t14-/m0/s1. The van der Waals surface area contributed by atoms with Crippen LogP contribution in [0.4, 0.5) is 14.5 Å². The van der Waals surface area contributed by atoms with Crippen molar-refractivity contribution >= 4 is 26.6 Å². The summed E-state index contributed by atoms with van der Waals surface area (Å²) in [6.45, 7) is 1.02. The number of aromatic nitrogens is 1. The Morgan fingerprint density at radius 3 is 2.74 bits per heavy atom. The Morgan fingerprint density at radius 1 is 1.15 bits per heavy atom. The molecule has 1 aliphatic heterocycles. The first kappa shape index (κ1) is 17.9. The molecule has 0 spiro atoms. The summed E-state index contributed by atoms with van der Waals surface area (Å²) in [5.41, 5.74) is 2.32. The Kier molecular flexibility index (Phi) is 4.61. The van der Waals surface area contributed by atoms with Gasteiger partial charge in [-0.25, -0.2) is 17.2 Å². The van der Waals surface area contributed by atoms with E-state index < -0.39 is 26.6 Å². The minimum Gasteiger partial charge on any atom is -0.361 e. The zero-order valence-corrected chi connectivity index (χ0v) is 15.2. The zero-order chi connectivity index (χ0) is 19.0. The lowest BCUT2D eigenvalue weighted by atomic mass is 10.0. The van der Waals surface area contributed by atoms with E-state index >= 15 is 0 Å². The molecule has 3 N–H and O–H groups in total. The number of anilines is 1. The van der Waals surface area contributed by atoms with Gasteiger partial charge < -0.3 is 10.3 Å². The van der Waals surface area contributed by atoms with E-state index in [4.69, 9.17) is 0 Å².